The van der Waals surface area contributed by atoms with Crippen LogP contribution in [0.25, 0.3) is 5.69 Å². The second-order valence-electron chi connectivity index (χ2n) is 3.86. The number of hydrogen-bond acceptors (Lipinski definition) is 4. The summed E-state index contributed by atoms with van der Waals surface area (Å²) in [5.41, 5.74) is 0.789. The van der Waals surface area contributed by atoms with E-state index in [2.05, 4.69) is 31.0 Å². The summed E-state index contributed by atoms with van der Waals surface area (Å²) in [6, 6.07) is 7.72. The number of ether oxygens (including phenoxy) is 1. The minimum absolute atomic E-state index is 0.230. The SMILES string of the molecule is Clc1cnc(Oc2ccccc2-n2cc(Br)cn2)nc1. The Bertz CT molecular complexity index is 729. The number of para-hydroxylation sites is 2. The fourth-order valence-corrected chi connectivity index (χ4v) is 2.00. The molecule has 0 N–H and O–H groups in total. The third-order valence-electron chi connectivity index (χ3n) is 2.46. The third kappa shape index (κ3) is 2.81. The first-order chi connectivity index (χ1) is 9.72. The molecule has 0 atom stereocenters. The quantitative estimate of drug-likeness (QED) is 0.719. The Kier molecular flexibility index (Phi) is 3.66. The van der Waals surface area contributed by atoms with Crippen LogP contribution in [0.3, 0.4) is 0 Å². The number of benzene rings is 1. The van der Waals surface area contributed by atoms with Crippen LogP contribution in [0.5, 0.6) is 11.8 Å². The van der Waals surface area contributed by atoms with Crippen molar-refractivity contribution in [2.24, 2.45) is 0 Å². The average Bonchev–Trinajstić information content (AvgIpc) is 2.88. The monoisotopic (exact) mass is 350 g/mol. The Morgan fingerprint density at radius 1 is 1.10 bits per heavy atom. The second-order valence-corrected chi connectivity index (χ2v) is 5.21. The number of aromatic nitrogens is 4. The zero-order valence-corrected chi connectivity index (χ0v) is 12.4. The average molecular weight is 352 g/mol. The van der Waals surface area contributed by atoms with Gasteiger partial charge in [0.2, 0.25) is 0 Å². The van der Waals surface area contributed by atoms with Crippen LogP contribution in [0.1, 0.15) is 0 Å². The lowest BCUT2D eigenvalue weighted by Crippen LogP contribution is -1.99. The van der Waals surface area contributed by atoms with Crippen molar-refractivity contribution >= 4 is 27.5 Å². The fraction of sp³-hybridized carbons (Fsp3) is 0. The molecule has 20 heavy (non-hydrogen) atoms. The van der Waals surface area contributed by atoms with E-state index in [1.165, 1.54) is 12.4 Å². The van der Waals surface area contributed by atoms with Gasteiger partial charge in [-0.15, -0.1) is 0 Å². The van der Waals surface area contributed by atoms with E-state index in [0.717, 1.165) is 10.2 Å². The zero-order valence-electron chi connectivity index (χ0n) is 10.1. The normalized spacial score (nSPS) is 10.5. The van der Waals surface area contributed by atoms with Crippen molar-refractivity contribution in [1.82, 2.24) is 19.7 Å². The molecule has 0 unspecified atom stereocenters. The number of halogens is 2. The van der Waals surface area contributed by atoms with Crippen molar-refractivity contribution in [1.29, 1.82) is 0 Å². The Morgan fingerprint density at radius 2 is 1.85 bits per heavy atom. The van der Waals surface area contributed by atoms with Crippen LogP contribution in [0.4, 0.5) is 0 Å². The minimum atomic E-state index is 0.230. The molecule has 0 radical (unpaired) electrons. The first-order valence-electron chi connectivity index (χ1n) is 5.67. The molecule has 0 aliphatic heterocycles. The number of rotatable bonds is 3. The summed E-state index contributed by atoms with van der Waals surface area (Å²) >= 11 is 9.11. The maximum absolute atomic E-state index is 5.74. The summed E-state index contributed by atoms with van der Waals surface area (Å²) in [4.78, 5) is 8.02. The molecule has 7 heteroatoms. The Hall–Kier alpha value is -1.92. The van der Waals surface area contributed by atoms with E-state index in [1.54, 1.807) is 10.9 Å². The highest BCUT2D eigenvalue weighted by molar-refractivity contribution is 9.10. The summed E-state index contributed by atoms with van der Waals surface area (Å²) in [7, 11) is 0. The van der Waals surface area contributed by atoms with E-state index in [1.807, 2.05) is 30.5 Å². The van der Waals surface area contributed by atoms with Crippen molar-refractivity contribution in [2.45, 2.75) is 0 Å². The standard InChI is InChI=1S/C13H8BrClN4O/c14-9-5-18-19(8-9)11-3-1-2-4-12(11)20-13-16-6-10(15)7-17-13/h1-8H. The topological polar surface area (TPSA) is 52.8 Å². The molecule has 3 aromatic rings. The highest BCUT2D eigenvalue weighted by Gasteiger charge is 2.09. The van der Waals surface area contributed by atoms with Gasteiger partial charge in [0.15, 0.2) is 5.75 Å². The van der Waals surface area contributed by atoms with Gasteiger partial charge in [-0.25, -0.2) is 14.6 Å². The van der Waals surface area contributed by atoms with Crippen LogP contribution in [0.15, 0.2) is 53.5 Å². The molecule has 2 aromatic heterocycles. The largest absolute Gasteiger partial charge is 0.422 e. The van der Waals surface area contributed by atoms with Gasteiger partial charge in [-0.2, -0.15) is 5.10 Å². The molecular weight excluding hydrogens is 344 g/mol. The van der Waals surface area contributed by atoms with E-state index in [-0.39, 0.29) is 6.01 Å². The van der Waals surface area contributed by atoms with E-state index in [4.69, 9.17) is 16.3 Å². The Balaban J connectivity index is 1.96. The summed E-state index contributed by atoms with van der Waals surface area (Å²) in [5.74, 6) is 0.602. The summed E-state index contributed by atoms with van der Waals surface area (Å²) < 4.78 is 8.26. The van der Waals surface area contributed by atoms with Crippen LogP contribution in [-0.2, 0) is 0 Å². The van der Waals surface area contributed by atoms with Crippen LogP contribution in [0, 0.1) is 0 Å². The molecule has 0 bridgehead atoms. The minimum Gasteiger partial charge on any atom is -0.422 e. The first kappa shape index (κ1) is 13.1. The van der Waals surface area contributed by atoms with E-state index in [0.29, 0.717) is 10.8 Å². The summed E-state index contributed by atoms with van der Waals surface area (Å²) in [5, 5.41) is 4.69. The summed E-state index contributed by atoms with van der Waals surface area (Å²) in [6.45, 7) is 0. The van der Waals surface area contributed by atoms with Crippen molar-refractivity contribution in [3.63, 3.8) is 0 Å². The molecule has 0 saturated carbocycles. The molecule has 0 spiro atoms. The van der Waals surface area contributed by atoms with Crippen molar-refractivity contribution in [3.8, 4) is 17.4 Å². The third-order valence-corrected chi connectivity index (χ3v) is 3.07. The van der Waals surface area contributed by atoms with Gasteiger partial charge < -0.3 is 4.74 Å². The summed E-state index contributed by atoms with van der Waals surface area (Å²) in [6.07, 6.45) is 6.51. The van der Waals surface area contributed by atoms with E-state index >= 15 is 0 Å². The van der Waals surface area contributed by atoms with Crippen LogP contribution >= 0.6 is 27.5 Å². The first-order valence-corrected chi connectivity index (χ1v) is 6.84. The maximum atomic E-state index is 5.74. The van der Waals surface area contributed by atoms with Crippen LogP contribution in [0.2, 0.25) is 5.02 Å². The molecule has 100 valence electrons. The van der Waals surface area contributed by atoms with Gasteiger partial charge in [0.1, 0.15) is 5.69 Å². The van der Waals surface area contributed by atoms with Crippen molar-refractivity contribution in [3.05, 3.63) is 58.5 Å². The molecule has 5 nitrogen and oxygen atoms in total. The van der Waals surface area contributed by atoms with Gasteiger partial charge in [-0.1, -0.05) is 23.7 Å². The lowest BCUT2D eigenvalue weighted by Gasteiger charge is -2.09. The zero-order chi connectivity index (χ0) is 13.9. The Labute approximate surface area is 128 Å². The second kappa shape index (κ2) is 5.60. The highest BCUT2D eigenvalue weighted by atomic mass is 79.9. The fourth-order valence-electron chi connectivity index (χ4n) is 1.62. The molecule has 0 fully saturated rings. The predicted octanol–water partition coefficient (Wildman–Crippen LogP) is 3.87. The molecule has 0 aliphatic carbocycles. The van der Waals surface area contributed by atoms with Crippen LogP contribution < -0.4 is 4.74 Å². The highest BCUT2D eigenvalue weighted by Crippen LogP contribution is 2.26. The lowest BCUT2D eigenvalue weighted by atomic mass is 10.3. The Morgan fingerprint density at radius 3 is 2.55 bits per heavy atom. The van der Waals surface area contributed by atoms with Gasteiger partial charge >= 0.3 is 6.01 Å². The maximum Gasteiger partial charge on any atom is 0.322 e. The van der Waals surface area contributed by atoms with Gasteiger partial charge in [-0.05, 0) is 28.1 Å². The van der Waals surface area contributed by atoms with E-state index < -0.39 is 0 Å². The molecule has 0 amide bonds. The lowest BCUT2D eigenvalue weighted by molar-refractivity contribution is 0.438. The molecule has 0 aliphatic rings. The molecule has 0 saturated heterocycles. The van der Waals surface area contributed by atoms with Gasteiger partial charge in [0.25, 0.3) is 0 Å². The van der Waals surface area contributed by atoms with E-state index in [9.17, 15) is 0 Å². The van der Waals surface area contributed by atoms with Gasteiger partial charge in [-0.3, -0.25) is 0 Å². The molecular formula is C13H8BrClN4O. The van der Waals surface area contributed by atoms with Crippen molar-refractivity contribution < 1.29 is 4.74 Å². The van der Waals surface area contributed by atoms with Crippen LogP contribution in [-0.4, -0.2) is 19.7 Å². The number of nitrogens with zero attached hydrogens (tertiary/aromatic N) is 4. The molecule has 3 rings (SSSR count). The van der Waals surface area contributed by atoms with Gasteiger partial charge in [0.05, 0.1) is 28.1 Å². The predicted molar refractivity (Wildman–Crippen MR) is 78.4 cm³/mol. The molecule has 1 aromatic carbocycles. The van der Waals surface area contributed by atoms with Gasteiger partial charge in [0, 0.05) is 6.20 Å². The number of hydrogen-bond donors (Lipinski definition) is 0. The van der Waals surface area contributed by atoms with Crippen molar-refractivity contribution in [2.75, 3.05) is 0 Å². The smallest absolute Gasteiger partial charge is 0.322 e. The molecule has 2 heterocycles.